The van der Waals surface area contributed by atoms with E-state index < -0.39 is 17.7 Å². The van der Waals surface area contributed by atoms with Crippen LogP contribution in [0.5, 0.6) is 0 Å². The van der Waals surface area contributed by atoms with E-state index in [1.54, 1.807) is 4.90 Å². The molecule has 0 unspecified atom stereocenters. The van der Waals surface area contributed by atoms with Crippen molar-refractivity contribution in [1.29, 1.82) is 0 Å². The number of rotatable bonds is 5. The third-order valence-corrected chi connectivity index (χ3v) is 4.10. The average molecular weight is 362 g/mol. The molecule has 0 aromatic heterocycles. The van der Waals surface area contributed by atoms with Gasteiger partial charge < -0.3 is 14.8 Å². The maximum absolute atomic E-state index is 12.8. The van der Waals surface area contributed by atoms with E-state index >= 15 is 0 Å². The van der Waals surface area contributed by atoms with Gasteiger partial charge in [0.1, 0.15) is 11.6 Å². The molecule has 0 spiro atoms. The number of hydrogen-bond acceptors (Lipinski definition) is 4. The van der Waals surface area contributed by atoms with Gasteiger partial charge in [0.15, 0.2) is 0 Å². The second-order valence-electron chi connectivity index (χ2n) is 7.51. The zero-order valence-electron chi connectivity index (χ0n) is 16.2. The van der Waals surface area contributed by atoms with Crippen molar-refractivity contribution in [3.8, 4) is 0 Å². The lowest BCUT2D eigenvalue weighted by Crippen LogP contribution is -2.51. The number of ether oxygens (including phenoxy) is 2. The van der Waals surface area contributed by atoms with E-state index in [9.17, 15) is 9.59 Å². The molecule has 6 heteroatoms. The summed E-state index contributed by atoms with van der Waals surface area (Å²) in [7, 11) is 0. The van der Waals surface area contributed by atoms with Crippen molar-refractivity contribution < 1.29 is 19.1 Å². The van der Waals surface area contributed by atoms with Crippen molar-refractivity contribution in [2.75, 3.05) is 18.5 Å². The molecule has 2 rings (SSSR count). The van der Waals surface area contributed by atoms with Crippen LogP contribution in [0.3, 0.4) is 0 Å². The Bertz CT molecular complexity index is 624. The molecule has 0 bridgehead atoms. The second kappa shape index (κ2) is 9.03. The first-order valence-electron chi connectivity index (χ1n) is 9.27. The van der Waals surface area contributed by atoms with Crippen LogP contribution in [-0.4, -0.2) is 41.7 Å². The first-order chi connectivity index (χ1) is 12.3. The lowest BCUT2D eigenvalue weighted by atomic mass is 10.0. The number of carbonyl (C=O) groups is 2. The monoisotopic (exact) mass is 362 g/mol. The first-order valence-corrected chi connectivity index (χ1v) is 9.27. The highest BCUT2D eigenvalue weighted by atomic mass is 16.6. The fourth-order valence-electron chi connectivity index (χ4n) is 2.93. The van der Waals surface area contributed by atoms with Crippen LogP contribution in [0, 0.1) is 0 Å². The first kappa shape index (κ1) is 20.2. The second-order valence-corrected chi connectivity index (χ2v) is 7.51. The Kier molecular flexibility index (Phi) is 7.03. The van der Waals surface area contributed by atoms with Crippen LogP contribution >= 0.6 is 0 Å². The number of nitrogens with one attached hydrogen (secondary N) is 1. The van der Waals surface area contributed by atoms with Gasteiger partial charge in [0.05, 0.1) is 6.61 Å². The number of piperidine rings is 1. The number of anilines is 1. The van der Waals surface area contributed by atoms with Crippen LogP contribution in [0.1, 0.15) is 52.5 Å². The van der Waals surface area contributed by atoms with Gasteiger partial charge in [-0.1, -0.05) is 12.1 Å². The van der Waals surface area contributed by atoms with Crippen molar-refractivity contribution in [1.82, 2.24) is 4.90 Å². The van der Waals surface area contributed by atoms with E-state index in [0.29, 0.717) is 31.9 Å². The Morgan fingerprint density at radius 1 is 1.27 bits per heavy atom. The minimum atomic E-state index is -0.580. The summed E-state index contributed by atoms with van der Waals surface area (Å²) < 4.78 is 10.9. The summed E-state index contributed by atoms with van der Waals surface area (Å²) in [6.45, 7) is 9.11. The van der Waals surface area contributed by atoms with Crippen molar-refractivity contribution in [3.05, 3.63) is 29.8 Å². The number of benzene rings is 1. The third kappa shape index (κ3) is 6.02. The van der Waals surface area contributed by atoms with Crippen molar-refractivity contribution in [3.63, 3.8) is 0 Å². The molecule has 0 saturated carbocycles. The minimum absolute atomic E-state index is 0.177. The Hall–Kier alpha value is -2.08. The van der Waals surface area contributed by atoms with E-state index in [0.717, 1.165) is 18.4 Å². The van der Waals surface area contributed by atoms with Gasteiger partial charge in [-0.25, -0.2) is 4.79 Å². The quantitative estimate of drug-likeness (QED) is 0.861. The van der Waals surface area contributed by atoms with Crippen LogP contribution in [0.4, 0.5) is 10.5 Å². The van der Waals surface area contributed by atoms with Gasteiger partial charge in [-0.05, 0) is 64.7 Å². The van der Waals surface area contributed by atoms with Crippen LogP contribution in [0.15, 0.2) is 24.3 Å². The normalized spacial score (nSPS) is 17.7. The SMILES string of the molecule is CCOCc1cccc(NC(=O)[C@H]2CCCCN2C(=O)OC(C)(C)C)c1. The molecule has 1 fully saturated rings. The largest absolute Gasteiger partial charge is 0.444 e. The summed E-state index contributed by atoms with van der Waals surface area (Å²) >= 11 is 0. The average Bonchev–Trinajstić information content (AvgIpc) is 2.59. The summed E-state index contributed by atoms with van der Waals surface area (Å²) in [5, 5.41) is 2.93. The molecule has 1 N–H and O–H groups in total. The van der Waals surface area contributed by atoms with E-state index in [2.05, 4.69) is 5.32 Å². The fourth-order valence-corrected chi connectivity index (χ4v) is 2.93. The highest BCUT2D eigenvalue weighted by Crippen LogP contribution is 2.22. The number of nitrogens with zero attached hydrogens (tertiary/aromatic N) is 1. The molecule has 1 aromatic rings. The van der Waals surface area contributed by atoms with Crippen molar-refractivity contribution >= 4 is 17.7 Å². The smallest absolute Gasteiger partial charge is 0.410 e. The van der Waals surface area contributed by atoms with Gasteiger partial charge in [0, 0.05) is 18.8 Å². The zero-order chi connectivity index (χ0) is 19.2. The van der Waals surface area contributed by atoms with Gasteiger partial charge in [0.2, 0.25) is 5.91 Å². The minimum Gasteiger partial charge on any atom is -0.444 e. The van der Waals surface area contributed by atoms with Crippen molar-refractivity contribution in [2.24, 2.45) is 0 Å². The molecule has 2 amide bonds. The number of carbonyl (C=O) groups excluding carboxylic acids is 2. The summed E-state index contributed by atoms with van der Waals surface area (Å²) in [5.41, 5.74) is 1.13. The zero-order valence-corrected chi connectivity index (χ0v) is 16.2. The Morgan fingerprint density at radius 3 is 2.73 bits per heavy atom. The molecule has 1 saturated heterocycles. The third-order valence-electron chi connectivity index (χ3n) is 4.10. The van der Waals surface area contributed by atoms with Crippen LogP contribution < -0.4 is 5.32 Å². The standard InChI is InChI=1S/C20H30N2O4/c1-5-25-14-15-9-8-10-16(13-15)21-18(23)17-11-6-7-12-22(17)19(24)26-20(2,3)4/h8-10,13,17H,5-7,11-12,14H2,1-4H3,(H,21,23)/t17-/m1/s1. The molecule has 1 heterocycles. The van der Waals surface area contributed by atoms with Crippen molar-refractivity contribution in [2.45, 2.75) is 65.2 Å². The van der Waals surface area contributed by atoms with E-state index in [-0.39, 0.29) is 5.91 Å². The van der Waals surface area contributed by atoms with Gasteiger partial charge in [-0.3, -0.25) is 9.69 Å². The lowest BCUT2D eigenvalue weighted by molar-refractivity contribution is -0.122. The number of likely N-dealkylation sites (tertiary alicyclic amines) is 1. The van der Waals surface area contributed by atoms with Gasteiger partial charge >= 0.3 is 6.09 Å². The number of hydrogen-bond donors (Lipinski definition) is 1. The van der Waals surface area contributed by atoms with Crippen LogP contribution in [0.25, 0.3) is 0 Å². The van der Waals surface area contributed by atoms with Crippen LogP contribution in [0.2, 0.25) is 0 Å². The summed E-state index contributed by atoms with van der Waals surface area (Å²) in [6, 6.07) is 7.08. The summed E-state index contributed by atoms with van der Waals surface area (Å²) in [5.74, 6) is -0.177. The number of amides is 2. The van der Waals surface area contributed by atoms with E-state index in [1.807, 2.05) is 52.0 Å². The molecule has 1 aromatic carbocycles. The van der Waals surface area contributed by atoms with E-state index in [4.69, 9.17) is 9.47 Å². The lowest BCUT2D eigenvalue weighted by Gasteiger charge is -2.35. The molecular formula is C20H30N2O4. The van der Waals surface area contributed by atoms with Gasteiger partial charge in [-0.2, -0.15) is 0 Å². The van der Waals surface area contributed by atoms with Gasteiger partial charge in [0.25, 0.3) is 0 Å². The molecule has 144 valence electrons. The maximum atomic E-state index is 12.8. The molecule has 1 aliphatic heterocycles. The van der Waals surface area contributed by atoms with Crippen LogP contribution in [-0.2, 0) is 20.9 Å². The maximum Gasteiger partial charge on any atom is 0.410 e. The van der Waals surface area contributed by atoms with Gasteiger partial charge in [-0.15, -0.1) is 0 Å². The Balaban J connectivity index is 2.05. The molecule has 0 radical (unpaired) electrons. The molecule has 1 aliphatic rings. The highest BCUT2D eigenvalue weighted by Gasteiger charge is 2.34. The topological polar surface area (TPSA) is 67.9 Å². The molecule has 26 heavy (non-hydrogen) atoms. The summed E-state index contributed by atoms with van der Waals surface area (Å²) in [4.78, 5) is 26.8. The molecular weight excluding hydrogens is 332 g/mol. The fraction of sp³-hybridized carbons (Fsp3) is 0.600. The predicted octanol–water partition coefficient (Wildman–Crippen LogP) is 3.95. The highest BCUT2D eigenvalue weighted by molar-refractivity contribution is 5.96. The predicted molar refractivity (Wildman–Crippen MR) is 101 cm³/mol. The Labute approximate surface area is 155 Å². The van der Waals surface area contributed by atoms with E-state index in [1.165, 1.54) is 0 Å². The summed E-state index contributed by atoms with van der Waals surface area (Å²) in [6.07, 6.45) is 2.01. The Morgan fingerprint density at radius 2 is 2.04 bits per heavy atom. The molecule has 1 atom stereocenters. The molecule has 0 aliphatic carbocycles. The molecule has 6 nitrogen and oxygen atoms in total.